The lowest BCUT2D eigenvalue weighted by Crippen LogP contribution is -2.61. The molecule has 1 aliphatic rings. The van der Waals surface area contributed by atoms with E-state index in [9.17, 15) is 22.8 Å². The third-order valence-electron chi connectivity index (χ3n) is 4.20. The molecule has 27 heavy (non-hydrogen) atoms. The second-order valence-electron chi connectivity index (χ2n) is 6.69. The fourth-order valence-electron chi connectivity index (χ4n) is 2.88. The van der Waals surface area contributed by atoms with Crippen molar-refractivity contribution >= 4 is 27.8 Å². The van der Waals surface area contributed by atoms with Crippen LogP contribution in [-0.2, 0) is 35.2 Å². The molecule has 0 aliphatic carbocycles. The van der Waals surface area contributed by atoms with Crippen LogP contribution in [0.2, 0.25) is 0 Å². The van der Waals surface area contributed by atoms with Gasteiger partial charge in [0.1, 0.15) is 0 Å². The number of carbonyl (C=O) groups excluding carboxylic acids is 3. The average Bonchev–Trinajstić information content (AvgIpc) is 2.87. The molecule has 0 saturated carbocycles. The van der Waals surface area contributed by atoms with E-state index >= 15 is 0 Å². The van der Waals surface area contributed by atoms with Gasteiger partial charge in [0.15, 0.2) is 0 Å². The predicted molar refractivity (Wildman–Crippen MR) is 96.6 cm³/mol. The van der Waals surface area contributed by atoms with Gasteiger partial charge in [-0.05, 0) is 26.6 Å². The summed E-state index contributed by atoms with van der Waals surface area (Å²) >= 11 is 0. The first kappa shape index (κ1) is 21.0. The minimum atomic E-state index is -4.15. The van der Waals surface area contributed by atoms with Crippen molar-refractivity contribution in [1.29, 1.82) is 0 Å². The van der Waals surface area contributed by atoms with Gasteiger partial charge in [-0.1, -0.05) is 30.3 Å². The highest BCUT2D eigenvalue weighted by Crippen LogP contribution is 2.29. The Hall–Kier alpha value is -2.30. The van der Waals surface area contributed by atoms with Crippen molar-refractivity contribution in [2.45, 2.75) is 31.7 Å². The van der Waals surface area contributed by atoms with Crippen LogP contribution in [0.25, 0.3) is 0 Å². The highest BCUT2D eigenvalue weighted by molar-refractivity contribution is 7.86. The molecule has 2 atom stereocenters. The van der Waals surface area contributed by atoms with Crippen molar-refractivity contribution in [2.75, 3.05) is 20.4 Å². The molecule has 1 aromatic carbocycles. The van der Waals surface area contributed by atoms with Gasteiger partial charge in [-0.15, -0.1) is 0 Å². The van der Waals surface area contributed by atoms with Gasteiger partial charge in [-0.25, -0.2) is 9.08 Å². The third kappa shape index (κ3) is 4.71. The van der Waals surface area contributed by atoms with Gasteiger partial charge in [0, 0.05) is 6.54 Å². The number of nitrogens with one attached hydrogen (secondary N) is 1. The van der Waals surface area contributed by atoms with E-state index in [1.165, 1.54) is 4.90 Å². The first-order valence-corrected chi connectivity index (χ1v) is 10.0. The third-order valence-corrected chi connectivity index (χ3v) is 4.83. The van der Waals surface area contributed by atoms with Crippen LogP contribution in [0.4, 0.5) is 0 Å². The molecule has 1 saturated heterocycles. The number of likely N-dealkylation sites (tertiary alicyclic amines) is 1. The molecule has 1 heterocycles. The van der Waals surface area contributed by atoms with E-state index in [-0.39, 0.29) is 13.0 Å². The highest BCUT2D eigenvalue weighted by atomic mass is 32.2. The summed E-state index contributed by atoms with van der Waals surface area (Å²) in [6.45, 7) is 1.18. The molecule has 0 unspecified atom stereocenters. The minimum absolute atomic E-state index is 0.0791. The Kier molecular flexibility index (Phi) is 6.03. The van der Waals surface area contributed by atoms with Gasteiger partial charge in [-0.3, -0.25) is 19.3 Å². The van der Waals surface area contributed by atoms with E-state index in [0.29, 0.717) is 4.90 Å². The van der Waals surface area contributed by atoms with Crippen molar-refractivity contribution in [3.63, 3.8) is 0 Å². The van der Waals surface area contributed by atoms with Crippen LogP contribution in [0.3, 0.4) is 0 Å². The molecule has 1 fully saturated rings. The fourth-order valence-corrected chi connectivity index (χ4v) is 3.62. The number of amides is 3. The Morgan fingerprint density at radius 3 is 2.37 bits per heavy atom. The molecule has 1 N–H and O–H groups in total. The minimum Gasteiger partial charge on any atom is -0.348 e. The smallest absolute Gasteiger partial charge is 0.275 e. The first-order chi connectivity index (χ1) is 12.5. The summed E-state index contributed by atoms with van der Waals surface area (Å²) in [5, 5.41) is 2.54. The Morgan fingerprint density at radius 1 is 1.30 bits per heavy atom. The molecule has 1 aromatic rings. The second kappa shape index (κ2) is 7.75. The molecule has 9 nitrogen and oxygen atoms in total. The number of likely N-dealkylation sites (N-methyl/N-ethyl adjacent to an activating group) is 1. The molecule has 10 heteroatoms. The van der Waals surface area contributed by atoms with Crippen LogP contribution in [0.5, 0.6) is 0 Å². The number of carbonyl (C=O) groups is 3. The SMILES string of the molecule is CN(C)[C@@H]1CC(=O)N([C@](C)(OS(C)(=O)=O)C(=O)NCc2ccccc2)C1=O. The number of rotatable bonds is 7. The van der Waals surface area contributed by atoms with Gasteiger partial charge in [0.25, 0.3) is 16.0 Å². The van der Waals surface area contributed by atoms with Crippen molar-refractivity contribution in [1.82, 2.24) is 15.1 Å². The quantitative estimate of drug-likeness (QED) is 0.496. The molecule has 2 rings (SSSR count). The van der Waals surface area contributed by atoms with Gasteiger partial charge in [0.2, 0.25) is 17.5 Å². The monoisotopic (exact) mass is 397 g/mol. The van der Waals surface area contributed by atoms with Crippen molar-refractivity contribution in [3.8, 4) is 0 Å². The molecule has 3 amide bonds. The van der Waals surface area contributed by atoms with E-state index in [4.69, 9.17) is 4.18 Å². The lowest BCUT2D eigenvalue weighted by molar-refractivity contribution is -0.170. The Labute approximate surface area is 158 Å². The number of hydrogen-bond acceptors (Lipinski definition) is 7. The molecule has 148 valence electrons. The van der Waals surface area contributed by atoms with E-state index in [1.807, 2.05) is 6.07 Å². The zero-order valence-electron chi connectivity index (χ0n) is 15.6. The van der Waals surface area contributed by atoms with Crippen LogP contribution in [-0.4, -0.2) is 68.1 Å². The summed E-state index contributed by atoms with van der Waals surface area (Å²) in [5.74, 6) is -2.27. The molecule has 0 aromatic heterocycles. The second-order valence-corrected chi connectivity index (χ2v) is 8.26. The zero-order chi connectivity index (χ0) is 20.4. The normalized spacial score (nSPS) is 20.0. The van der Waals surface area contributed by atoms with Gasteiger partial charge < -0.3 is 5.32 Å². The lowest BCUT2D eigenvalue weighted by atomic mass is 10.1. The molecular weight excluding hydrogens is 374 g/mol. The van der Waals surface area contributed by atoms with Crippen LogP contribution >= 0.6 is 0 Å². The number of benzene rings is 1. The van der Waals surface area contributed by atoms with Gasteiger partial charge >= 0.3 is 0 Å². The summed E-state index contributed by atoms with van der Waals surface area (Å²) in [7, 11) is -0.923. The fraction of sp³-hybridized carbons (Fsp3) is 0.471. The molecule has 0 bridgehead atoms. The van der Waals surface area contributed by atoms with Gasteiger partial charge in [-0.2, -0.15) is 8.42 Å². The predicted octanol–water partition coefficient (Wildman–Crippen LogP) is -0.316. The summed E-state index contributed by atoms with van der Waals surface area (Å²) < 4.78 is 28.5. The largest absolute Gasteiger partial charge is 0.348 e. The standard InChI is InChI=1S/C17H23N3O6S/c1-17(26-27(4,24)25,16(23)18-11-12-8-6-5-7-9-12)20-14(21)10-13(15(20)22)19(2)3/h5-9,13H,10-11H2,1-4H3,(H,18,23)/t13-,17-/m1/s1. The van der Waals surface area contributed by atoms with E-state index in [1.54, 1.807) is 38.4 Å². The molecule has 0 radical (unpaired) electrons. The van der Waals surface area contributed by atoms with Gasteiger partial charge in [0.05, 0.1) is 18.7 Å². The number of nitrogens with zero attached hydrogens (tertiary/aromatic N) is 2. The van der Waals surface area contributed by atoms with Crippen LogP contribution in [0.15, 0.2) is 30.3 Å². The maximum atomic E-state index is 12.8. The van der Waals surface area contributed by atoms with E-state index in [2.05, 4.69) is 5.32 Å². The van der Waals surface area contributed by atoms with Crippen LogP contribution < -0.4 is 5.32 Å². The number of imide groups is 1. The maximum Gasteiger partial charge on any atom is 0.275 e. The van der Waals surface area contributed by atoms with E-state index < -0.39 is 39.6 Å². The van der Waals surface area contributed by atoms with Crippen molar-refractivity contribution in [3.05, 3.63) is 35.9 Å². The van der Waals surface area contributed by atoms with Crippen molar-refractivity contribution < 1.29 is 27.0 Å². The molecule has 1 aliphatic heterocycles. The first-order valence-electron chi connectivity index (χ1n) is 8.22. The summed E-state index contributed by atoms with van der Waals surface area (Å²) in [4.78, 5) is 40.0. The Morgan fingerprint density at radius 2 is 1.89 bits per heavy atom. The zero-order valence-corrected chi connectivity index (χ0v) is 16.4. The summed E-state index contributed by atoms with van der Waals surface area (Å²) in [6, 6.07) is 8.12. The molecule has 0 spiro atoms. The Bertz CT molecular complexity index is 839. The highest BCUT2D eigenvalue weighted by Gasteiger charge is 2.55. The average molecular weight is 397 g/mol. The summed E-state index contributed by atoms with van der Waals surface area (Å²) in [6.07, 6.45) is 0.588. The summed E-state index contributed by atoms with van der Waals surface area (Å²) in [5.41, 5.74) is -1.56. The topological polar surface area (TPSA) is 113 Å². The van der Waals surface area contributed by atoms with E-state index in [0.717, 1.165) is 18.7 Å². The molecular formula is C17H23N3O6S. The van der Waals surface area contributed by atoms with Crippen molar-refractivity contribution in [2.24, 2.45) is 0 Å². The lowest BCUT2D eigenvalue weighted by Gasteiger charge is -2.34. The Balaban J connectivity index is 2.33. The van der Waals surface area contributed by atoms with Crippen LogP contribution in [0, 0.1) is 0 Å². The number of hydrogen-bond donors (Lipinski definition) is 1. The maximum absolute atomic E-state index is 12.8. The van der Waals surface area contributed by atoms with Crippen LogP contribution in [0.1, 0.15) is 18.9 Å².